The van der Waals surface area contributed by atoms with Crippen molar-refractivity contribution in [2.45, 2.75) is 17.8 Å². The van der Waals surface area contributed by atoms with Crippen molar-refractivity contribution in [2.75, 3.05) is 21.3 Å². The fraction of sp³-hybridized carbons (Fsp3) is 0.217. The zero-order chi connectivity index (χ0) is 22.9. The van der Waals surface area contributed by atoms with Gasteiger partial charge in [-0.05, 0) is 42.8 Å². The Labute approximate surface area is 193 Å². The van der Waals surface area contributed by atoms with Crippen molar-refractivity contribution in [3.05, 3.63) is 53.9 Å². The van der Waals surface area contributed by atoms with Gasteiger partial charge in [-0.1, -0.05) is 16.9 Å². The van der Waals surface area contributed by atoms with Gasteiger partial charge in [0.25, 0.3) is 0 Å². The van der Waals surface area contributed by atoms with E-state index in [9.17, 15) is 0 Å². The number of benzene rings is 2. The Morgan fingerprint density at radius 3 is 2.52 bits per heavy atom. The summed E-state index contributed by atoms with van der Waals surface area (Å²) in [6.45, 7) is 2.06. The number of nitrogens with zero attached hydrogens (tertiary/aromatic N) is 5. The van der Waals surface area contributed by atoms with Crippen LogP contribution in [0.1, 0.15) is 11.5 Å². The summed E-state index contributed by atoms with van der Waals surface area (Å²) in [7, 11) is 4.85. The molecule has 9 nitrogen and oxygen atoms in total. The molecule has 0 saturated carbocycles. The molecule has 0 N–H and O–H groups in total. The number of hydrogen-bond acceptors (Lipinski definition) is 9. The van der Waals surface area contributed by atoms with Crippen LogP contribution in [0, 0.1) is 6.92 Å². The van der Waals surface area contributed by atoms with E-state index in [1.165, 1.54) is 11.8 Å². The first kappa shape index (κ1) is 21.1. The third-order valence-electron chi connectivity index (χ3n) is 5.32. The maximum absolute atomic E-state index is 5.48. The largest absolute Gasteiger partial charge is 0.497 e. The van der Waals surface area contributed by atoms with E-state index in [2.05, 4.69) is 27.3 Å². The van der Waals surface area contributed by atoms with E-state index in [-0.39, 0.29) is 0 Å². The average Bonchev–Trinajstić information content (AvgIpc) is 3.49. The highest BCUT2D eigenvalue weighted by atomic mass is 32.2. The van der Waals surface area contributed by atoms with Crippen molar-refractivity contribution < 1.29 is 18.7 Å². The fourth-order valence-electron chi connectivity index (χ4n) is 3.66. The van der Waals surface area contributed by atoms with Crippen LogP contribution in [0.4, 0.5) is 0 Å². The molecule has 0 aliphatic rings. The minimum absolute atomic E-state index is 0.436. The number of pyridine rings is 1. The zero-order valence-corrected chi connectivity index (χ0v) is 19.3. The molecule has 168 valence electrons. The molecule has 0 saturated heterocycles. The maximum Gasteiger partial charge on any atom is 0.237 e. The van der Waals surface area contributed by atoms with Gasteiger partial charge in [-0.2, -0.15) is 4.98 Å². The van der Waals surface area contributed by atoms with Crippen LogP contribution in [0.2, 0.25) is 0 Å². The first-order valence-electron chi connectivity index (χ1n) is 10.1. The van der Waals surface area contributed by atoms with Gasteiger partial charge in [-0.15, -0.1) is 10.2 Å². The fourth-order valence-corrected chi connectivity index (χ4v) is 4.44. The smallest absolute Gasteiger partial charge is 0.237 e. The Kier molecular flexibility index (Phi) is 5.51. The van der Waals surface area contributed by atoms with E-state index in [0.29, 0.717) is 29.0 Å². The number of fused-ring (bicyclic) bond motifs is 3. The number of aryl methyl sites for hydroxylation is 1. The molecule has 10 heteroatoms. The van der Waals surface area contributed by atoms with E-state index >= 15 is 0 Å². The van der Waals surface area contributed by atoms with Gasteiger partial charge in [0.15, 0.2) is 10.8 Å². The summed E-state index contributed by atoms with van der Waals surface area (Å²) in [6, 6.07) is 13.5. The molecule has 0 aliphatic heterocycles. The highest BCUT2D eigenvalue weighted by Crippen LogP contribution is 2.33. The predicted octanol–water partition coefficient (Wildman–Crippen LogP) is 4.56. The molecular formula is C23H21N5O4S. The Balaban J connectivity index is 1.45. The summed E-state index contributed by atoms with van der Waals surface area (Å²) < 4.78 is 23.6. The van der Waals surface area contributed by atoms with Crippen LogP contribution in [-0.2, 0) is 5.75 Å². The molecule has 0 aliphatic carbocycles. The highest BCUT2D eigenvalue weighted by Gasteiger charge is 2.17. The summed E-state index contributed by atoms with van der Waals surface area (Å²) >= 11 is 1.47. The van der Waals surface area contributed by atoms with Gasteiger partial charge in [-0.3, -0.25) is 4.40 Å². The van der Waals surface area contributed by atoms with E-state index in [1.807, 2.05) is 40.8 Å². The molecule has 33 heavy (non-hydrogen) atoms. The van der Waals surface area contributed by atoms with Crippen molar-refractivity contribution in [1.29, 1.82) is 0 Å². The molecule has 0 atom stereocenters. The lowest BCUT2D eigenvalue weighted by Gasteiger charge is -2.09. The monoisotopic (exact) mass is 463 g/mol. The third kappa shape index (κ3) is 3.82. The number of methoxy groups -OCH3 is 3. The van der Waals surface area contributed by atoms with Crippen molar-refractivity contribution >= 4 is 28.3 Å². The molecule has 0 bridgehead atoms. The number of thioether (sulfide) groups is 1. The molecule has 3 heterocycles. The number of aromatic nitrogens is 5. The second kappa shape index (κ2) is 8.62. The number of rotatable bonds is 7. The quantitative estimate of drug-likeness (QED) is 0.322. The molecule has 2 aromatic carbocycles. The van der Waals surface area contributed by atoms with Crippen LogP contribution in [0.15, 0.2) is 52.1 Å². The number of hydrogen-bond donors (Lipinski definition) is 0. The van der Waals surface area contributed by atoms with Gasteiger partial charge in [0.1, 0.15) is 17.2 Å². The molecule has 0 spiro atoms. The highest BCUT2D eigenvalue weighted by molar-refractivity contribution is 7.98. The van der Waals surface area contributed by atoms with Crippen molar-refractivity contribution in [1.82, 2.24) is 24.7 Å². The zero-order valence-electron chi connectivity index (χ0n) is 18.5. The van der Waals surface area contributed by atoms with E-state index in [0.717, 1.165) is 38.6 Å². The normalized spacial score (nSPS) is 11.3. The van der Waals surface area contributed by atoms with Crippen molar-refractivity contribution in [2.24, 2.45) is 0 Å². The second-order valence-corrected chi connectivity index (χ2v) is 8.20. The van der Waals surface area contributed by atoms with Gasteiger partial charge in [0.2, 0.25) is 11.7 Å². The van der Waals surface area contributed by atoms with E-state index < -0.39 is 0 Å². The summed E-state index contributed by atoms with van der Waals surface area (Å²) in [5.74, 6) is 3.42. The maximum atomic E-state index is 5.48. The molecule has 0 unspecified atom stereocenters. The van der Waals surface area contributed by atoms with Gasteiger partial charge >= 0.3 is 0 Å². The summed E-state index contributed by atoms with van der Waals surface area (Å²) in [5, 5.41) is 14.7. The average molecular weight is 464 g/mol. The lowest BCUT2D eigenvalue weighted by molar-refractivity contribution is 0.388. The van der Waals surface area contributed by atoms with Crippen molar-refractivity contribution in [3.8, 4) is 28.6 Å². The SMILES string of the molecule is COc1ccc(-c2noc(CSc3nnc4cc(C)c5ccc(OC)cc5n34)n2)c(OC)c1. The van der Waals surface area contributed by atoms with Crippen LogP contribution < -0.4 is 14.2 Å². The van der Waals surface area contributed by atoms with Crippen LogP contribution in [0.3, 0.4) is 0 Å². The predicted molar refractivity (Wildman–Crippen MR) is 124 cm³/mol. The molecule has 5 aromatic rings. The Bertz CT molecular complexity index is 1460. The van der Waals surface area contributed by atoms with E-state index in [1.54, 1.807) is 27.4 Å². The standard InChI is InChI=1S/C23H21N5O4S/c1-13-9-20-25-26-23(28(20)18-10-14(29-2)5-7-16(13)18)33-12-21-24-22(27-32-21)17-8-6-15(30-3)11-19(17)31-4/h5-11H,12H2,1-4H3. The van der Waals surface area contributed by atoms with E-state index in [4.69, 9.17) is 18.7 Å². The molecular weight excluding hydrogens is 442 g/mol. The van der Waals surface area contributed by atoms with Crippen LogP contribution in [0.25, 0.3) is 27.9 Å². The summed E-state index contributed by atoms with van der Waals surface area (Å²) in [4.78, 5) is 4.53. The summed E-state index contributed by atoms with van der Waals surface area (Å²) in [5.41, 5.74) is 3.59. The first-order chi connectivity index (χ1) is 16.1. The van der Waals surface area contributed by atoms with Crippen LogP contribution >= 0.6 is 11.8 Å². The minimum Gasteiger partial charge on any atom is -0.497 e. The van der Waals surface area contributed by atoms with Gasteiger partial charge < -0.3 is 18.7 Å². The minimum atomic E-state index is 0.436. The van der Waals surface area contributed by atoms with Gasteiger partial charge in [-0.25, -0.2) is 0 Å². The molecule has 3 aromatic heterocycles. The van der Waals surface area contributed by atoms with Crippen LogP contribution in [0.5, 0.6) is 17.2 Å². The molecule has 0 fully saturated rings. The molecule has 5 rings (SSSR count). The third-order valence-corrected chi connectivity index (χ3v) is 6.23. The molecule has 0 amide bonds. The van der Waals surface area contributed by atoms with Crippen molar-refractivity contribution in [3.63, 3.8) is 0 Å². The van der Waals surface area contributed by atoms with Gasteiger partial charge in [0.05, 0.1) is 38.2 Å². The molecule has 0 radical (unpaired) electrons. The topological polar surface area (TPSA) is 96.8 Å². The first-order valence-corrected chi connectivity index (χ1v) is 11.1. The lowest BCUT2D eigenvalue weighted by Crippen LogP contribution is -1.95. The van der Waals surface area contributed by atoms with Crippen LogP contribution in [-0.4, -0.2) is 46.1 Å². The summed E-state index contributed by atoms with van der Waals surface area (Å²) in [6.07, 6.45) is 0. The van der Waals surface area contributed by atoms with Gasteiger partial charge in [0, 0.05) is 17.5 Å². The Hall–Kier alpha value is -3.79. The Morgan fingerprint density at radius 1 is 0.939 bits per heavy atom. The lowest BCUT2D eigenvalue weighted by atomic mass is 10.1. The number of ether oxygens (including phenoxy) is 3. The second-order valence-electron chi connectivity index (χ2n) is 7.25. The Morgan fingerprint density at radius 2 is 1.73 bits per heavy atom.